The van der Waals surface area contributed by atoms with Crippen molar-refractivity contribution in [2.45, 2.75) is 26.8 Å². The number of anilines is 2. The largest absolute Gasteiger partial charge is 0.495 e. The number of rotatable bonds is 6. The molecule has 1 amide bonds. The molecule has 0 saturated carbocycles. The monoisotopic (exact) mass is 410 g/mol. The third kappa shape index (κ3) is 5.14. The molecule has 0 aliphatic heterocycles. The van der Waals surface area contributed by atoms with Crippen LogP contribution in [-0.2, 0) is 14.8 Å². The van der Waals surface area contributed by atoms with Gasteiger partial charge in [-0.3, -0.25) is 9.10 Å². The number of hydrogen-bond acceptors (Lipinski definition) is 4. The molecule has 0 bridgehead atoms. The average molecular weight is 411 g/mol. The molecule has 2 aromatic rings. The van der Waals surface area contributed by atoms with E-state index in [0.29, 0.717) is 16.5 Å². The lowest BCUT2D eigenvalue weighted by Crippen LogP contribution is -2.45. The molecular formula is C19H23ClN2O4S. The van der Waals surface area contributed by atoms with Gasteiger partial charge in [0.2, 0.25) is 15.9 Å². The number of halogens is 1. The first-order chi connectivity index (χ1) is 12.5. The van der Waals surface area contributed by atoms with E-state index in [1.54, 1.807) is 12.1 Å². The molecule has 0 spiro atoms. The maximum atomic E-state index is 12.8. The van der Waals surface area contributed by atoms with Crippen LogP contribution in [0.4, 0.5) is 11.4 Å². The lowest BCUT2D eigenvalue weighted by Gasteiger charge is -2.29. The van der Waals surface area contributed by atoms with Crippen molar-refractivity contribution in [3.05, 3.63) is 52.5 Å². The van der Waals surface area contributed by atoms with Crippen LogP contribution in [0.1, 0.15) is 18.1 Å². The van der Waals surface area contributed by atoms with Crippen molar-refractivity contribution in [3.63, 3.8) is 0 Å². The molecule has 2 aromatic carbocycles. The average Bonchev–Trinajstić information content (AvgIpc) is 2.52. The Morgan fingerprint density at radius 1 is 1.15 bits per heavy atom. The minimum Gasteiger partial charge on any atom is -0.495 e. The van der Waals surface area contributed by atoms with Gasteiger partial charge in [0, 0.05) is 10.7 Å². The second-order valence-corrected chi connectivity index (χ2v) is 8.71. The number of benzene rings is 2. The lowest BCUT2D eigenvalue weighted by molar-refractivity contribution is -0.116. The van der Waals surface area contributed by atoms with E-state index in [2.05, 4.69) is 5.32 Å². The quantitative estimate of drug-likeness (QED) is 0.786. The molecule has 1 unspecified atom stereocenters. The van der Waals surface area contributed by atoms with E-state index in [1.165, 1.54) is 20.1 Å². The number of carbonyl (C=O) groups excluding carboxylic acids is 1. The van der Waals surface area contributed by atoms with E-state index in [-0.39, 0.29) is 5.69 Å². The van der Waals surface area contributed by atoms with Crippen molar-refractivity contribution in [3.8, 4) is 5.75 Å². The van der Waals surface area contributed by atoms with Gasteiger partial charge in [0.25, 0.3) is 0 Å². The molecule has 1 N–H and O–H groups in total. The molecule has 0 saturated heterocycles. The van der Waals surface area contributed by atoms with Crippen LogP contribution in [0.5, 0.6) is 5.75 Å². The highest BCUT2D eigenvalue weighted by Crippen LogP contribution is 2.34. The highest BCUT2D eigenvalue weighted by Gasteiger charge is 2.31. The molecule has 0 aliphatic carbocycles. The van der Waals surface area contributed by atoms with Crippen molar-refractivity contribution in [1.29, 1.82) is 0 Å². The summed E-state index contributed by atoms with van der Waals surface area (Å²) in [7, 11) is -2.36. The minimum atomic E-state index is -3.79. The molecule has 27 heavy (non-hydrogen) atoms. The van der Waals surface area contributed by atoms with E-state index >= 15 is 0 Å². The zero-order chi connectivity index (χ0) is 20.4. The van der Waals surface area contributed by atoms with Gasteiger partial charge in [0.05, 0.1) is 19.1 Å². The van der Waals surface area contributed by atoms with E-state index in [9.17, 15) is 13.2 Å². The number of nitrogens with one attached hydrogen (secondary N) is 1. The number of amides is 1. The van der Waals surface area contributed by atoms with E-state index in [0.717, 1.165) is 21.7 Å². The number of nitrogens with zero attached hydrogens (tertiary/aromatic N) is 1. The number of methoxy groups -OCH3 is 1. The van der Waals surface area contributed by atoms with E-state index in [4.69, 9.17) is 16.3 Å². The van der Waals surface area contributed by atoms with Crippen LogP contribution in [0.15, 0.2) is 36.4 Å². The fraction of sp³-hybridized carbons (Fsp3) is 0.316. The van der Waals surface area contributed by atoms with Gasteiger partial charge in [-0.25, -0.2) is 8.42 Å². The SMILES string of the molecule is COc1ccc(Cl)cc1N(C(C)C(=O)Nc1cc(C)cc(C)c1)S(C)(=O)=O. The predicted molar refractivity (Wildman–Crippen MR) is 109 cm³/mol. The Morgan fingerprint density at radius 2 is 1.74 bits per heavy atom. The smallest absolute Gasteiger partial charge is 0.247 e. The van der Waals surface area contributed by atoms with Crippen LogP contribution >= 0.6 is 11.6 Å². The van der Waals surface area contributed by atoms with Crippen LogP contribution in [0.2, 0.25) is 5.02 Å². The summed E-state index contributed by atoms with van der Waals surface area (Å²) < 4.78 is 31.2. The summed E-state index contributed by atoms with van der Waals surface area (Å²) in [6.07, 6.45) is 1.04. The maximum Gasteiger partial charge on any atom is 0.247 e. The van der Waals surface area contributed by atoms with Crippen LogP contribution in [0.3, 0.4) is 0 Å². The van der Waals surface area contributed by atoms with Crippen molar-refractivity contribution in [2.24, 2.45) is 0 Å². The predicted octanol–water partition coefficient (Wildman–Crippen LogP) is 3.76. The Balaban J connectivity index is 2.42. The Hall–Kier alpha value is -2.25. The summed E-state index contributed by atoms with van der Waals surface area (Å²) in [6, 6.07) is 9.22. The van der Waals surface area contributed by atoms with Crippen molar-refractivity contribution in [1.82, 2.24) is 0 Å². The van der Waals surface area contributed by atoms with Crippen molar-refractivity contribution < 1.29 is 17.9 Å². The van der Waals surface area contributed by atoms with Gasteiger partial charge < -0.3 is 10.1 Å². The molecule has 0 aromatic heterocycles. The van der Waals surface area contributed by atoms with E-state index < -0.39 is 22.0 Å². The lowest BCUT2D eigenvalue weighted by atomic mass is 10.1. The van der Waals surface area contributed by atoms with Gasteiger partial charge in [0.1, 0.15) is 11.8 Å². The molecule has 2 rings (SSSR count). The minimum absolute atomic E-state index is 0.204. The normalized spacial score (nSPS) is 12.4. The van der Waals surface area contributed by atoms with Crippen LogP contribution in [0, 0.1) is 13.8 Å². The summed E-state index contributed by atoms with van der Waals surface area (Å²) in [4.78, 5) is 12.8. The summed E-state index contributed by atoms with van der Waals surface area (Å²) in [5.74, 6) is -0.164. The number of hydrogen-bond donors (Lipinski definition) is 1. The van der Waals surface area contributed by atoms with Gasteiger partial charge in [-0.15, -0.1) is 0 Å². The first kappa shape index (κ1) is 21.1. The van der Waals surface area contributed by atoms with Crippen LogP contribution in [-0.4, -0.2) is 33.7 Å². The summed E-state index contributed by atoms with van der Waals surface area (Å²) in [5.41, 5.74) is 2.80. The Morgan fingerprint density at radius 3 is 2.26 bits per heavy atom. The molecule has 8 heteroatoms. The van der Waals surface area contributed by atoms with Gasteiger partial charge in [-0.05, 0) is 62.2 Å². The topological polar surface area (TPSA) is 75.7 Å². The Kier molecular flexibility index (Phi) is 6.38. The molecule has 0 radical (unpaired) electrons. The Labute approximate surface area is 165 Å². The highest BCUT2D eigenvalue weighted by atomic mass is 35.5. The summed E-state index contributed by atoms with van der Waals surface area (Å²) >= 11 is 6.04. The fourth-order valence-corrected chi connectivity index (χ4v) is 4.25. The van der Waals surface area contributed by atoms with Gasteiger partial charge in [0.15, 0.2) is 0 Å². The van der Waals surface area contributed by atoms with Gasteiger partial charge >= 0.3 is 0 Å². The fourth-order valence-electron chi connectivity index (χ4n) is 2.91. The second-order valence-electron chi connectivity index (χ2n) is 6.42. The molecule has 146 valence electrons. The first-order valence-corrected chi connectivity index (χ1v) is 10.5. The molecule has 0 fully saturated rings. The van der Waals surface area contributed by atoms with Crippen LogP contribution < -0.4 is 14.4 Å². The van der Waals surface area contributed by atoms with Crippen molar-refractivity contribution >= 4 is 38.9 Å². The van der Waals surface area contributed by atoms with E-state index in [1.807, 2.05) is 32.0 Å². The second kappa shape index (κ2) is 8.19. The molecule has 1 atom stereocenters. The van der Waals surface area contributed by atoms with Crippen LogP contribution in [0.25, 0.3) is 0 Å². The summed E-state index contributed by atoms with van der Waals surface area (Å²) in [6.45, 7) is 5.36. The number of aryl methyl sites for hydroxylation is 2. The summed E-state index contributed by atoms with van der Waals surface area (Å²) in [5, 5.41) is 3.11. The molecular weight excluding hydrogens is 388 g/mol. The molecule has 6 nitrogen and oxygen atoms in total. The number of ether oxygens (including phenoxy) is 1. The molecule has 0 aliphatic rings. The molecule has 0 heterocycles. The number of carbonyl (C=O) groups is 1. The highest BCUT2D eigenvalue weighted by molar-refractivity contribution is 7.92. The standard InChI is InChI=1S/C19H23ClN2O4S/c1-12-8-13(2)10-16(9-12)21-19(23)14(3)22(27(5,24)25)17-11-15(20)6-7-18(17)26-4/h6-11,14H,1-5H3,(H,21,23). The zero-order valence-corrected chi connectivity index (χ0v) is 17.5. The maximum absolute atomic E-state index is 12.8. The first-order valence-electron chi connectivity index (χ1n) is 8.25. The zero-order valence-electron chi connectivity index (χ0n) is 15.9. The third-order valence-electron chi connectivity index (χ3n) is 3.96. The van der Waals surface area contributed by atoms with Gasteiger partial charge in [-0.2, -0.15) is 0 Å². The Bertz CT molecular complexity index is 940. The number of sulfonamides is 1. The third-order valence-corrected chi connectivity index (χ3v) is 5.42. The van der Waals surface area contributed by atoms with Gasteiger partial charge in [-0.1, -0.05) is 17.7 Å². The van der Waals surface area contributed by atoms with Crippen molar-refractivity contribution in [2.75, 3.05) is 23.0 Å².